The smallest absolute Gasteiger partial charge is 0.335 e. The van der Waals surface area contributed by atoms with Crippen LogP contribution in [0.2, 0.25) is 0 Å². The van der Waals surface area contributed by atoms with Crippen LogP contribution in [0.4, 0.5) is 5.69 Å². The first kappa shape index (κ1) is 13.9. The van der Waals surface area contributed by atoms with Crippen molar-refractivity contribution in [3.05, 3.63) is 29.8 Å². The number of carboxylic acids is 1. The molecule has 1 atom stereocenters. The van der Waals surface area contributed by atoms with Crippen LogP contribution in [-0.4, -0.2) is 17.1 Å². The molecule has 3 heteroatoms. The highest BCUT2D eigenvalue weighted by atomic mass is 16.4. The molecular formula is C16H23NO2. The van der Waals surface area contributed by atoms with E-state index in [1.807, 2.05) is 12.1 Å². The zero-order valence-electron chi connectivity index (χ0n) is 11.6. The van der Waals surface area contributed by atoms with Gasteiger partial charge in [-0.3, -0.25) is 0 Å². The third-order valence-corrected chi connectivity index (χ3v) is 4.14. The molecule has 0 saturated heterocycles. The Hall–Kier alpha value is -1.51. The number of hydrogen-bond donors (Lipinski definition) is 2. The van der Waals surface area contributed by atoms with Crippen LogP contribution >= 0.6 is 0 Å². The van der Waals surface area contributed by atoms with Gasteiger partial charge in [-0.1, -0.05) is 26.2 Å². The summed E-state index contributed by atoms with van der Waals surface area (Å²) in [5.74, 6) is -0.108. The van der Waals surface area contributed by atoms with Crippen molar-refractivity contribution in [2.24, 2.45) is 5.92 Å². The Balaban J connectivity index is 1.99. The molecule has 2 N–H and O–H groups in total. The molecule has 1 saturated carbocycles. The maximum absolute atomic E-state index is 10.8. The Morgan fingerprint density at radius 3 is 2.42 bits per heavy atom. The van der Waals surface area contributed by atoms with Gasteiger partial charge in [0.25, 0.3) is 0 Å². The molecule has 1 aromatic rings. The molecule has 0 aromatic heterocycles. The van der Waals surface area contributed by atoms with Gasteiger partial charge >= 0.3 is 5.97 Å². The van der Waals surface area contributed by atoms with Gasteiger partial charge in [0.15, 0.2) is 0 Å². The maximum Gasteiger partial charge on any atom is 0.335 e. The average molecular weight is 261 g/mol. The Bertz CT molecular complexity index is 407. The number of nitrogens with one attached hydrogen (secondary N) is 1. The highest BCUT2D eigenvalue weighted by molar-refractivity contribution is 5.87. The monoisotopic (exact) mass is 261 g/mol. The number of carbonyl (C=O) groups is 1. The number of anilines is 1. The molecule has 0 heterocycles. The summed E-state index contributed by atoms with van der Waals surface area (Å²) in [6.07, 6.45) is 7.82. The summed E-state index contributed by atoms with van der Waals surface area (Å²) in [6.45, 7) is 2.22. The summed E-state index contributed by atoms with van der Waals surface area (Å²) >= 11 is 0. The zero-order chi connectivity index (χ0) is 13.7. The van der Waals surface area contributed by atoms with Gasteiger partial charge in [0, 0.05) is 11.7 Å². The summed E-state index contributed by atoms with van der Waals surface area (Å²) in [4.78, 5) is 10.8. The lowest BCUT2D eigenvalue weighted by Crippen LogP contribution is -2.30. The standard InChI is InChI=1S/C16H23NO2/c1-2-15(12-6-4-3-5-7-12)17-14-10-8-13(9-11-14)16(18)19/h8-12,15,17H,2-7H2,1H3,(H,18,19). The predicted molar refractivity (Wildman–Crippen MR) is 77.7 cm³/mol. The third-order valence-electron chi connectivity index (χ3n) is 4.14. The van der Waals surface area contributed by atoms with E-state index in [1.165, 1.54) is 32.1 Å². The molecule has 1 fully saturated rings. The normalized spacial score (nSPS) is 17.9. The van der Waals surface area contributed by atoms with Gasteiger partial charge in [-0.2, -0.15) is 0 Å². The number of benzene rings is 1. The minimum absolute atomic E-state index is 0.344. The largest absolute Gasteiger partial charge is 0.478 e. The molecule has 1 aliphatic rings. The molecule has 3 nitrogen and oxygen atoms in total. The maximum atomic E-state index is 10.8. The van der Waals surface area contributed by atoms with Crippen molar-refractivity contribution in [1.29, 1.82) is 0 Å². The predicted octanol–water partition coefficient (Wildman–Crippen LogP) is 4.16. The highest BCUT2D eigenvalue weighted by Gasteiger charge is 2.22. The van der Waals surface area contributed by atoms with Gasteiger partial charge in [0.05, 0.1) is 5.56 Å². The van der Waals surface area contributed by atoms with Crippen molar-refractivity contribution in [2.75, 3.05) is 5.32 Å². The lowest BCUT2D eigenvalue weighted by Gasteiger charge is -2.31. The Morgan fingerprint density at radius 1 is 1.26 bits per heavy atom. The molecule has 0 aliphatic heterocycles. The summed E-state index contributed by atoms with van der Waals surface area (Å²) < 4.78 is 0. The van der Waals surface area contributed by atoms with E-state index in [1.54, 1.807) is 12.1 Å². The van der Waals surface area contributed by atoms with E-state index in [0.717, 1.165) is 18.0 Å². The van der Waals surface area contributed by atoms with Crippen molar-refractivity contribution in [2.45, 2.75) is 51.5 Å². The lowest BCUT2D eigenvalue weighted by atomic mass is 9.83. The van der Waals surface area contributed by atoms with Crippen molar-refractivity contribution in [3.63, 3.8) is 0 Å². The summed E-state index contributed by atoms with van der Waals surface area (Å²) in [5.41, 5.74) is 1.37. The van der Waals surface area contributed by atoms with Crippen LogP contribution in [-0.2, 0) is 0 Å². The van der Waals surface area contributed by atoms with E-state index >= 15 is 0 Å². The fraction of sp³-hybridized carbons (Fsp3) is 0.562. The van der Waals surface area contributed by atoms with E-state index < -0.39 is 5.97 Å². The quantitative estimate of drug-likeness (QED) is 0.837. The first-order valence-corrected chi connectivity index (χ1v) is 7.30. The van der Waals surface area contributed by atoms with E-state index in [0.29, 0.717) is 11.6 Å². The fourth-order valence-electron chi connectivity index (χ4n) is 3.01. The first-order valence-electron chi connectivity index (χ1n) is 7.30. The van der Waals surface area contributed by atoms with Gasteiger partial charge < -0.3 is 10.4 Å². The van der Waals surface area contributed by atoms with E-state index in [9.17, 15) is 4.79 Å². The van der Waals surface area contributed by atoms with Gasteiger partial charge in [-0.05, 0) is 49.4 Å². The molecule has 1 aliphatic carbocycles. The van der Waals surface area contributed by atoms with Crippen LogP contribution in [0.5, 0.6) is 0 Å². The number of rotatable bonds is 5. The van der Waals surface area contributed by atoms with Gasteiger partial charge in [-0.15, -0.1) is 0 Å². The molecule has 2 rings (SSSR count). The van der Waals surface area contributed by atoms with E-state index in [2.05, 4.69) is 12.2 Å². The second kappa shape index (κ2) is 6.60. The topological polar surface area (TPSA) is 49.3 Å². The number of hydrogen-bond acceptors (Lipinski definition) is 2. The number of aromatic carboxylic acids is 1. The summed E-state index contributed by atoms with van der Waals surface area (Å²) in [7, 11) is 0. The van der Waals surface area contributed by atoms with Gasteiger partial charge in [0.2, 0.25) is 0 Å². The summed E-state index contributed by atoms with van der Waals surface area (Å²) in [6, 6.07) is 7.58. The second-order valence-corrected chi connectivity index (χ2v) is 5.44. The Labute approximate surface area is 115 Å². The summed E-state index contributed by atoms with van der Waals surface area (Å²) in [5, 5.41) is 12.5. The molecule has 0 bridgehead atoms. The van der Waals surface area contributed by atoms with Crippen LogP contribution in [0.15, 0.2) is 24.3 Å². The van der Waals surface area contributed by atoms with Gasteiger partial charge in [0.1, 0.15) is 0 Å². The Morgan fingerprint density at radius 2 is 1.89 bits per heavy atom. The van der Waals surface area contributed by atoms with Crippen molar-refractivity contribution >= 4 is 11.7 Å². The van der Waals surface area contributed by atoms with Crippen LogP contribution in [0, 0.1) is 5.92 Å². The SMILES string of the molecule is CCC(Nc1ccc(C(=O)O)cc1)C1CCCCC1. The molecule has 0 spiro atoms. The molecule has 0 amide bonds. The highest BCUT2D eigenvalue weighted by Crippen LogP contribution is 2.29. The van der Waals surface area contributed by atoms with Gasteiger partial charge in [-0.25, -0.2) is 4.79 Å². The first-order chi connectivity index (χ1) is 9.20. The second-order valence-electron chi connectivity index (χ2n) is 5.44. The molecule has 1 unspecified atom stereocenters. The Kier molecular flexibility index (Phi) is 4.83. The van der Waals surface area contributed by atoms with E-state index in [4.69, 9.17) is 5.11 Å². The molecule has 0 radical (unpaired) electrons. The van der Waals surface area contributed by atoms with Crippen LogP contribution < -0.4 is 5.32 Å². The molecule has 1 aromatic carbocycles. The minimum Gasteiger partial charge on any atom is -0.478 e. The van der Waals surface area contributed by atoms with Crippen LogP contribution in [0.3, 0.4) is 0 Å². The van der Waals surface area contributed by atoms with Crippen LogP contribution in [0.25, 0.3) is 0 Å². The molecule has 104 valence electrons. The minimum atomic E-state index is -0.870. The zero-order valence-corrected chi connectivity index (χ0v) is 11.6. The third kappa shape index (κ3) is 3.72. The van der Waals surface area contributed by atoms with Crippen LogP contribution in [0.1, 0.15) is 55.8 Å². The number of carboxylic acid groups (broad SMARTS) is 1. The van der Waals surface area contributed by atoms with E-state index in [-0.39, 0.29) is 0 Å². The van der Waals surface area contributed by atoms with Crippen molar-refractivity contribution in [1.82, 2.24) is 0 Å². The van der Waals surface area contributed by atoms with Crippen molar-refractivity contribution in [3.8, 4) is 0 Å². The van der Waals surface area contributed by atoms with Crippen molar-refractivity contribution < 1.29 is 9.90 Å². The molecular weight excluding hydrogens is 238 g/mol. The average Bonchev–Trinajstić information content (AvgIpc) is 2.46. The molecule has 19 heavy (non-hydrogen) atoms. The fourth-order valence-corrected chi connectivity index (χ4v) is 3.01. The lowest BCUT2D eigenvalue weighted by molar-refractivity contribution is 0.0697.